The summed E-state index contributed by atoms with van der Waals surface area (Å²) in [5.74, 6) is 1.06. The number of benzene rings is 1. The molecule has 122 valence electrons. The summed E-state index contributed by atoms with van der Waals surface area (Å²) in [6, 6.07) is 9.79. The number of amides is 1. The molecule has 6 nitrogen and oxygen atoms in total. The van der Waals surface area contributed by atoms with E-state index in [1.165, 1.54) is 6.26 Å². The third kappa shape index (κ3) is 3.71. The van der Waals surface area contributed by atoms with Gasteiger partial charge in [0.2, 0.25) is 5.89 Å². The number of rotatable bonds is 4. The van der Waals surface area contributed by atoms with Gasteiger partial charge < -0.3 is 19.0 Å². The Kier molecular flexibility index (Phi) is 4.62. The molecule has 1 fully saturated rings. The van der Waals surface area contributed by atoms with Gasteiger partial charge in [-0.25, -0.2) is 4.98 Å². The van der Waals surface area contributed by atoms with Crippen molar-refractivity contribution in [3.05, 3.63) is 48.2 Å². The lowest BCUT2D eigenvalue weighted by molar-refractivity contribution is 0.0566. The second-order valence-corrected chi connectivity index (χ2v) is 5.81. The minimum Gasteiger partial charge on any atom is -0.484 e. The van der Waals surface area contributed by atoms with Crippen molar-refractivity contribution in [1.29, 1.82) is 0 Å². The molecule has 1 unspecified atom stereocenters. The fraction of sp³-hybridized carbons (Fsp3) is 0.412. The zero-order valence-corrected chi connectivity index (χ0v) is 13.4. The van der Waals surface area contributed by atoms with Crippen LogP contribution in [-0.2, 0) is 6.61 Å². The summed E-state index contributed by atoms with van der Waals surface area (Å²) in [7, 11) is 2.07. The van der Waals surface area contributed by atoms with E-state index in [0.717, 1.165) is 12.3 Å². The number of para-hydroxylation sites is 1. The van der Waals surface area contributed by atoms with Gasteiger partial charge in [-0.3, -0.25) is 4.79 Å². The van der Waals surface area contributed by atoms with Crippen molar-refractivity contribution in [2.45, 2.75) is 19.6 Å². The highest BCUT2D eigenvalue weighted by atomic mass is 16.5. The van der Waals surface area contributed by atoms with Gasteiger partial charge in [0, 0.05) is 25.7 Å². The summed E-state index contributed by atoms with van der Waals surface area (Å²) < 4.78 is 10.9. The van der Waals surface area contributed by atoms with E-state index in [1.807, 2.05) is 35.2 Å². The third-order valence-corrected chi connectivity index (χ3v) is 4.12. The van der Waals surface area contributed by atoms with Crippen molar-refractivity contribution in [3.63, 3.8) is 0 Å². The fourth-order valence-electron chi connectivity index (χ4n) is 2.53. The number of likely N-dealkylation sites (N-methyl/N-ethyl adjacent to an activating group) is 1. The fourth-order valence-corrected chi connectivity index (χ4v) is 2.53. The Morgan fingerprint density at radius 3 is 2.87 bits per heavy atom. The second-order valence-electron chi connectivity index (χ2n) is 5.81. The number of carbonyl (C=O) groups is 1. The first-order valence-corrected chi connectivity index (χ1v) is 7.75. The van der Waals surface area contributed by atoms with Crippen LogP contribution in [0.2, 0.25) is 0 Å². The molecular formula is C17H21N3O3. The van der Waals surface area contributed by atoms with E-state index in [2.05, 4.69) is 23.9 Å². The van der Waals surface area contributed by atoms with E-state index >= 15 is 0 Å². The van der Waals surface area contributed by atoms with Crippen LogP contribution in [0.4, 0.5) is 0 Å². The predicted octanol–water partition coefficient (Wildman–Crippen LogP) is 2.03. The van der Waals surface area contributed by atoms with Gasteiger partial charge in [0.15, 0.2) is 12.3 Å². The quantitative estimate of drug-likeness (QED) is 0.864. The smallest absolute Gasteiger partial charge is 0.275 e. The molecule has 1 atom stereocenters. The van der Waals surface area contributed by atoms with Crippen molar-refractivity contribution >= 4 is 5.91 Å². The van der Waals surface area contributed by atoms with Crippen LogP contribution in [0.15, 0.2) is 41.0 Å². The van der Waals surface area contributed by atoms with E-state index in [0.29, 0.717) is 30.7 Å². The Morgan fingerprint density at radius 2 is 2.13 bits per heavy atom. The summed E-state index contributed by atoms with van der Waals surface area (Å²) in [4.78, 5) is 20.8. The van der Waals surface area contributed by atoms with Gasteiger partial charge in [-0.15, -0.1) is 0 Å². The molecule has 0 saturated carbocycles. The third-order valence-electron chi connectivity index (χ3n) is 4.12. The van der Waals surface area contributed by atoms with Crippen LogP contribution >= 0.6 is 0 Å². The lowest BCUT2D eigenvalue weighted by atomic mass is 10.2. The number of piperazine rings is 1. The zero-order chi connectivity index (χ0) is 16.2. The average molecular weight is 315 g/mol. The first-order chi connectivity index (χ1) is 11.1. The molecule has 1 saturated heterocycles. The number of carbonyl (C=O) groups excluding carboxylic acids is 1. The van der Waals surface area contributed by atoms with Crippen LogP contribution in [0.3, 0.4) is 0 Å². The van der Waals surface area contributed by atoms with Crippen LogP contribution in [-0.4, -0.2) is 53.4 Å². The lowest BCUT2D eigenvalue weighted by Gasteiger charge is -2.37. The highest BCUT2D eigenvalue weighted by Crippen LogP contribution is 2.14. The summed E-state index contributed by atoms with van der Waals surface area (Å²) in [5, 5.41) is 0. The maximum atomic E-state index is 12.5. The van der Waals surface area contributed by atoms with Crippen LogP contribution in [0, 0.1) is 0 Å². The zero-order valence-electron chi connectivity index (χ0n) is 13.4. The van der Waals surface area contributed by atoms with Crippen molar-refractivity contribution < 1.29 is 13.9 Å². The number of hydrogen-bond donors (Lipinski definition) is 0. The predicted molar refractivity (Wildman–Crippen MR) is 85.3 cm³/mol. The number of nitrogens with zero attached hydrogens (tertiary/aromatic N) is 3. The van der Waals surface area contributed by atoms with E-state index in [-0.39, 0.29) is 12.5 Å². The SMILES string of the molecule is CC1CN(C(=O)c2coc(COc3ccccc3)n2)CCN1C. The standard InChI is InChI=1S/C17H21N3O3/c1-13-10-20(9-8-19(13)2)17(21)15-11-23-16(18-15)12-22-14-6-4-3-5-7-14/h3-7,11,13H,8-10,12H2,1-2H3. The van der Waals surface area contributed by atoms with E-state index in [9.17, 15) is 4.79 Å². The number of aromatic nitrogens is 1. The first-order valence-electron chi connectivity index (χ1n) is 7.75. The summed E-state index contributed by atoms with van der Waals surface area (Å²) >= 11 is 0. The van der Waals surface area contributed by atoms with Gasteiger partial charge in [-0.1, -0.05) is 18.2 Å². The minimum atomic E-state index is -0.0836. The Hall–Kier alpha value is -2.34. The molecule has 0 spiro atoms. The molecule has 2 heterocycles. The van der Waals surface area contributed by atoms with Gasteiger partial charge in [-0.2, -0.15) is 0 Å². The van der Waals surface area contributed by atoms with Gasteiger partial charge in [0.05, 0.1) is 0 Å². The molecule has 0 aliphatic carbocycles. The molecule has 1 aliphatic rings. The maximum absolute atomic E-state index is 12.5. The molecule has 6 heteroatoms. The van der Waals surface area contributed by atoms with Gasteiger partial charge in [-0.05, 0) is 26.1 Å². The van der Waals surface area contributed by atoms with E-state index < -0.39 is 0 Å². The van der Waals surface area contributed by atoms with E-state index in [1.54, 1.807) is 0 Å². The molecule has 1 amide bonds. The van der Waals surface area contributed by atoms with Crippen LogP contribution in [0.1, 0.15) is 23.3 Å². The van der Waals surface area contributed by atoms with Crippen LogP contribution in [0.5, 0.6) is 5.75 Å². The highest BCUT2D eigenvalue weighted by Gasteiger charge is 2.26. The highest BCUT2D eigenvalue weighted by molar-refractivity contribution is 5.92. The van der Waals surface area contributed by atoms with Crippen molar-refractivity contribution in [3.8, 4) is 5.75 Å². The van der Waals surface area contributed by atoms with Crippen LogP contribution < -0.4 is 4.74 Å². The molecule has 3 rings (SSSR count). The largest absolute Gasteiger partial charge is 0.484 e. The molecule has 0 radical (unpaired) electrons. The molecular weight excluding hydrogens is 294 g/mol. The number of ether oxygens (including phenoxy) is 1. The number of oxazole rings is 1. The van der Waals surface area contributed by atoms with E-state index in [4.69, 9.17) is 9.15 Å². The summed E-state index contributed by atoms with van der Waals surface area (Å²) in [5.41, 5.74) is 0.341. The van der Waals surface area contributed by atoms with Crippen LogP contribution in [0.25, 0.3) is 0 Å². The summed E-state index contributed by atoms with van der Waals surface area (Å²) in [6.07, 6.45) is 1.41. The van der Waals surface area contributed by atoms with Gasteiger partial charge >= 0.3 is 0 Å². The monoisotopic (exact) mass is 315 g/mol. The topological polar surface area (TPSA) is 58.8 Å². The molecule has 1 aliphatic heterocycles. The molecule has 1 aromatic heterocycles. The molecule has 0 bridgehead atoms. The molecule has 0 N–H and O–H groups in total. The normalized spacial score (nSPS) is 18.9. The Labute approximate surface area is 135 Å². The van der Waals surface area contributed by atoms with Crippen molar-refractivity contribution in [2.75, 3.05) is 26.7 Å². The average Bonchev–Trinajstić information content (AvgIpc) is 3.05. The minimum absolute atomic E-state index is 0.0836. The molecule has 1 aromatic carbocycles. The maximum Gasteiger partial charge on any atom is 0.275 e. The summed E-state index contributed by atoms with van der Waals surface area (Å²) in [6.45, 7) is 4.60. The number of hydrogen-bond acceptors (Lipinski definition) is 5. The first kappa shape index (κ1) is 15.6. The lowest BCUT2D eigenvalue weighted by Crippen LogP contribution is -2.52. The molecule has 23 heavy (non-hydrogen) atoms. The Bertz CT molecular complexity index is 656. The van der Waals surface area contributed by atoms with Crippen molar-refractivity contribution in [1.82, 2.24) is 14.8 Å². The molecule has 2 aromatic rings. The van der Waals surface area contributed by atoms with Gasteiger partial charge in [0.25, 0.3) is 5.91 Å². The Balaban J connectivity index is 1.59. The van der Waals surface area contributed by atoms with Crippen molar-refractivity contribution in [2.24, 2.45) is 0 Å². The Morgan fingerprint density at radius 1 is 1.35 bits per heavy atom. The second kappa shape index (κ2) is 6.83. The van der Waals surface area contributed by atoms with Gasteiger partial charge in [0.1, 0.15) is 12.0 Å².